The highest BCUT2D eigenvalue weighted by Crippen LogP contribution is 2.33. The van der Waals surface area contributed by atoms with Crippen LogP contribution in [0.25, 0.3) is 10.2 Å². The number of amides is 1. The van der Waals surface area contributed by atoms with Gasteiger partial charge in [-0.25, -0.2) is 17.8 Å². The van der Waals surface area contributed by atoms with Crippen LogP contribution < -0.4 is 14.9 Å². The second kappa shape index (κ2) is 12.5. The van der Waals surface area contributed by atoms with E-state index >= 15 is 0 Å². The highest BCUT2D eigenvalue weighted by molar-refractivity contribution is 7.92. The molecule has 2 N–H and O–H groups in total. The van der Waals surface area contributed by atoms with E-state index < -0.39 is 15.8 Å². The largest absolute Gasteiger partial charge is 0.351 e. The summed E-state index contributed by atoms with van der Waals surface area (Å²) in [5, 5.41) is 4.01. The van der Waals surface area contributed by atoms with Gasteiger partial charge in [-0.05, 0) is 73.5 Å². The van der Waals surface area contributed by atoms with Crippen LogP contribution in [-0.4, -0.2) is 63.5 Å². The molecule has 1 saturated heterocycles. The molecular formula is C28H31ClFN5O3S2. The molecule has 1 fully saturated rings. The van der Waals surface area contributed by atoms with Crippen LogP contribution in [0.5, 0.6) is 0 Å². The number of rotatable bonds is 8. The maximum absolute atomic E-state index is 13.1. The van der Waals surface area contributed by atoms with Crippen molar-refractivity contribution in [2.75, 3.05) is 48.9 Å². The number of halogens is 2. The van der Waals surface area contributed by atoms with Crippen molar-refractivity contribution in [2.45, 2.75) is 18.7 Å². The molecule has 1 aromatic heterocycles. The second-order valence-electron chi connectivity index (χ2n) is 9.59. The van der Waals surface area contributed by atoms with Crippen molar-refractivity contribution < 1.29 is 17.6 Å². The first-order valence-corrected chi connectivity index (χ1v) is 15.0. The van der Waals surface area contributed by atoms with Crippen LogP contribution in [0.2, 0.25) is 0 Å². The maximum Gasteiger partial charge on any atom is 0.261 e. The van der Waals surface area contributed by atoms with Gasteiger partial charge >= 0.3 is 0 Å². The van der Waals surface area contributed by atoms with Gasteiger partial charge in [0.1, 0.15) is 5.82 Å². The monoisotopic (exact) mass is 603 g/mol. The highest BCUT2D eigenvalue weighted by Gasteiger charge is 2.21. The fraction of sp³-hybridized carbons (Fsp3) is 0.286. The zero-order valence-electron chi connectivity index (χ0n) is 22.2. The molecule has 12 heteroatoms. The minimum Gasteiger partial charge on any atom is -0.351 e. The van der Waals surface area contributed by atoms with E-state index in [1.165, 1.54) is 40.1 Å². The summed E-state index contributed by atoms with van der Waals surface area (Å²) in [6.45, 7) is 9.05. The van der Waals surface area contributed by atoms with E-state index in [4.69, 9.17) is 4.98 Å². The number of benzene rings is 3. The van der Waals surface area contributed by atoms with Crippen LogP contribution in [0, 0.1) is 19.7 Å². The number of nitrogens with zero attached hydrogens (tertiary/aromatic N) is 3. The van der Waals surface area contributed by atoms with Crippen molar-refractivity contribution in [2.24, 2.45) is 0 Å². The van der Waals surface area contributed by atoms with E-state index in [-0.39, 0.29) is 23.2 Å². The number of fused-ring (bicyclic) bond motifs is 1. The van der Waals surface area contributed by atoms with Gasteiger partial charge in [0.25, 0.3) is 15.9 Å². The molecule has 0 saturated carbocycles. The van der Waals surface area contributed by atoms with Crippen molar-refractivity contribution in [3.05, 3.63) is 83.2 Å². The first kappa shape index (κ1) is 29.7. The van der Waals surface area contributed by atoms with Crippen LogP contribution in [0.15, 0.2) is 65.6 Å². The summed E-state index contributed by atoms with van der Waals surface area (Å²) in [6.07, 6.45) is 0. The minimum absolute atomic E-state index is 0. The molecule has 0 radical (unpaired) electrons. The molecule has 0 aliphatic carbocycles. The SMILES string of the molecule is Cc1ccc(C)c2sc(N3CCN(CCNC(=O)c4ccc(NS(=O)(=O)c5ccc(F)cc5)cc4)CC3)nc12.Cl. The Morgan fingerprint density at radius 1 is 0.950 bits per heavy atom. The molecule has 1 aliphatic heterocycles. The van der Waals surface area contributed by atoms with Gasteiger partial charge in [-0.15, -0.1) is 12.4 Å². The summed E-state index contributed by atoms with van der Waals surface area (Å²) in [5.74, 6) is -0.733. The maximum atomic E-state index is 13.1. The summed E-state index contributed by atoms with van der Waals surface area (Å²) >= 11 is 1.76. The topological polar surface area (TPSA) is 94.6 Å². The number of carbonyl (C=O) groups is 1. The summed E-state index contributed by atoms with van der Waals surface area (Å²) < 4.78 is 41.7. The van der Waals surface area contributed by atoms with Crippen LogP contribution in [-0.2, 0) is 10.0 Å². The number of piperazine rings is 1. The first-order valence-electron chi connectivity index (χ1n) is 12.7. The van der Waals surface area contributed by atoms with Crippen molar-refractivity contribution in [1.29, 1.82) is 0 Å². The number of anilines is 2. The van der Waals surface area contributed by atoms with Crippen LogP contribution >= 0.6 is 23.7 Å². The molecule has 1 amide bonds. The number of aromatic nitrogens is 1. The van der Waals surface area contributed by atoms with E-state index in [0.717, 1.165) is 55.5 Å². The number of hydrogen-bond acceptors (Lipinski definition) is 7. The Balaban J connectivity index is 0.00000370. The Bertz CT molecular complexity index is 1550. The Morgan fingerprint density at radius 2 is 1.60 bits per heavy atom. The Morgan fingerprint density at radius 3 is 2.25 bits per heavy atom. The van der Waals surface area contributed by atoms with E-state index in [0.29, 0.717) is 17.8 Å². The molecule has 3 aromatic carbocycles. The van der Waals surface area contributed by atoms with Crippen LogP contribution in [0.1, 0.15) is 21.5 Å². The number of carbonyl (C=O) groups excluding carboxylic acids is 1. The average Bonchev–Trinajstić information content (AvgIpc) is 3.39. The molecule has 0 unspecified atom stereocenters. The smallest absolute Gasteiger partial charge is 0.261 e. The molecule has 2 heterocycles. The minimum atomic E-state index is -3.85. The predicted octanol–water partition coefficient (Wildman–Crippen LogP) is 4.83. The average molecular weight is 604 g/mol. The van der Waals surface area contributed by atoms with Gasteiger partial charge in [-0.2, -0.15) is 0 Å². The zero-order valence-corrected chi connectivity index (χ0v) is 24.6. The van der Waals surface area contributed by atoms with E-state index in [2.05, 4.69) is 45.8 Å². The third-order valence-corrected chi connectivity index (χ3v) is 9.46. The molecule has 0 spiro atoms. The molecular weight excluding hydrogens is 573 g/mol. The first-order chi connectivity index (χ1) is 18.7. The lowest BCUT2D eigenvalue weighted by molar-refractivity contribution is 0.0948. The lowest BCUT2D eigenvalue weighted by atomic mass is 10.1. The lowest BCUT2D eigenvalue weighted by Crippen LogP contribution is -2.48. The number of nitrogens with one attached hydrogen (secondary N) is 2. The Labute approximate surface area is 243 Å². The quantitative estimate of drug-likeness (QED) is 0.300. The predicted molar refractivity (Wildman–Crippen MR) is 161 cm³/mol. The van der Waals surface area contributed by atoms with Gasteiger partial charge in [0, 0.05) is 50.5 Å². The molecule has 0 atom stereocenters. The summed E-state index contributed by atoms with van der Waals surface area (Å²) in [6, 6.07) is 15.0. The van der Waals surface area contributed by atoms with E-state index in [9.17, 15) is 17.6 Å². The van der Waals surface area contributed by atoms with Crippen LogP contribution in [0.4, 0.5) is 15.2 Å². The fourth-order valence-electron chi connectivity index (χ4n) is 4.49. The molecule has 212 valence electrons. The molecule has 8 nitrogen and oxygen atoms in total. The third-order valence-electron chi connectivity index (χ3n) is 6.81. The molecule has 1 aliphatic rings. The Hall–Kier alpha value is -3.25. The van der Waals surface area contributed by atoms with E-state index in [1.807, 2.05) is 0 Å². The molecule has 4 aromatic rings. The summed E-state index contributed by atoms with van der Waals surface area (Å²) in [7, 11) is -3.85. The zero-order chi connectivity index (χ0) is 27.6. The number of aryl methyl sites for hydroxylation is 2. The standard InChI is InChI=1S/C28H30FN5O3S2.ClH/c1-19-3-4-20(2)26-25(19)31-28(38-26)34-17-15-33(16-18-34)14-13-30-27(35)21-5-9-23(10-6-21)32-39(36,37)24-11-7-22(29)8-12-24;/h3-12,32H,13-18H2,1-2H3,(H,30,35);1H. The number of hydrogen-bond donors (Lipinski definition) is 2. The van der Waals surface area contributed by atoms with Gasteiger partial charge in [-0.3, -0.25) is 14.4 Å². The van der Waals surface area contributed by atoms with Crippen molar-refractivity contribution in [3.63, 3.8) is 0 Å². The van der Waals surface area contributed by atoms with Gasteiger partial charge in [0.2, 0.25) is 0 Å². The molecule has 40 heavy (non-hydrogen) atoms. The molecule has 0 bridgehead atoms. The summed E-state index contributed by atoms with van der Waals surface area (Å²) in [5.41, 5.74) is 4.31. The number of sulfonamides is 1. The number of thiazole rings is 1. The van der Waals surface area contributed by atoms with Crippen molar-refractivity contribution >= 4 is 60.7 Å². The van der Waals surface area contributed by atoms with Gasteiger partial charge < -0.3 is 10.2 Å². The van der Waals surface area contributed by atoms with Gasteiger partial charge in [0.05, 0.1) is 15.1 Å². The van der Waals surface area contributed by atoms with Crippen molar-refractivity contribution in [3.8, 4) is 0 Å². The van der Waals surface area contributed by atoms with Crippen LogP contribution in [0.3, 0.4) is 0 Å². The van der Waals surface area contributed by atoms with E-state index in [1.54, 1.807) is 23.5 Å². The highest BCUT2D eigenvalue weighted by atomic mass is 35.5. The molecule has 5 rings (SSSR count). The normalized spacial score (nSPS) is 14.1. The van der Waals surface area contributed by atoms with Gasteiger partial charge in [-0.1, -0.05) is 23.5 Å². The van der Waals surface area contributed by atoms with Crippen molar-refractivity contribution in [1.82, 2.24) is 15.2 Å². The third kappa shape index (κ3) is 6.72. The lowest BCUT2D eigenvalue weighted by Gasteiger charge is -2.34. The second-order valence-corrected chi connectivity index (χ2v) is 12.3. The Kier molecular flexibility index (Phi) is 9.29. The van der Waals surface area contributed by atoms with Gasteiger partial charge in [0.15, 0.2) is 5.13 Å². The fourth-order valence-corrected chi connectivity index (χ4v) is 6.72. The summed E-state index contributed by atoms with van der Waals surface area (Å²) in [4.78, 5) is 22.1.